The number of ether oxygens (including phenoxy) is 1. The number of carbonyl (C=O) groups is 2. The Balaban J connectivity index is 1.83. The number of carbonyl (C=O) groups excluding carboxylic acids is 1. The number of aliphatic carboxylic acids is 1. The predicted molar refractivity (Wildman–Crippen MR) is 77.7 cm³/mol. The van der Waals surface area contributed by atoms with Crippen LogP contribution in [0.1, 0.15) is 18.4 Å². The van der Waals surface area contributed by atoms with Gasteiger partial charge in [0.05, 0.1) is 19.1 Å². The largest absolute Gasteiger partial charge is 0.481 e. The highest BCUT2D eigenvalue weighted by atomic mass is 16.5. The van der Waals surface area contributed by atoms with Crippen molar-refractivity contribution >= 4 is 17.6 Å². The van der Waals surface area contributed by atoms with Gasteiger partial charge >= 0.3 is 5.97 Å². The molecule has 0 radical (unpaired) electrons. The maximum atomic E-state index is 12.2. The molecule has 0 saturated carbocycles. The summed E-state index contributed by atoms with van der Waals surface area (Å²) in [5.74, 6) is -0.884. The Hall–Kier alpha value is -2.08. The molecule has 1 amide bonds. The summed E-state index contributed by atoms with van der Waals surface area (Å²) in [6.07, 6.45) is 0.542. The van der Waals surface area contributed by atoms with Gasteiger partial charge in [0, 0.05) is 25.2 Å². The van der Waals surface area contributed by atoms with E-state index in [1.807, 2.05) is 24.3 Å². The van der Waals surface area contributed by atoms with E-state index in [2.05, 4.69) is 0 Å². The maximum absolute atomic E-state index is 12.2. The lowest BCUT2D eigenvalue weighted by Crippen LogP contribution is -2.46. The summed E-state index contributed by atoms with van der Waals surface area (Å²) in [7, 11) is 0. The monoisotopic (exact) mass is 292 g/mol. The van der Waals surface area contributed by atoms with Crippen LogP contribution in [-0.4, -0.2) is 47.7 Å². The van der Waals surface area contributed by atoms with E-state index in [1.165, 1.54) is 0 Å². The molecule has 1 saturated heterocycles. The van der Waals surface area contributed by atoms with E-state index in [0.717, 1.165) is 5.56 Å². The fourth-order valence-corrected chi connectivity index (χ4v) is 2.42. The van der Waals surface area contributed by atoms with Crippen LogP contribution in [0.2, 0.25) is 0 Å². The van der Waals surface area contributed by atoms with Crippen LogP contribution in [0.25, 0.3) is 0 Å². The first-order chi connectivity index (χ1) is 10.0. The van der Waals surface area contributed by atoms with Gasteiger partial charge in [0.1, 0.15) is 0 Å². The summed E-state index contributed by atoms with van der Waals surface area (Å²) in [5, 5.41) is 8.77. The fraction of sp³-hybridized carbons (Fsp3) is 0.467. The number of nitrogens with two attached hydrogens (primary N) is 1. The summed E-state index contributed by atoms with van der Waals surface area (Å²) >= 11 is 0. The Bertz CT molecular complexity index is 518. The van der Waals surface area contributed by atoms with Crippen LogP contribution in [0.4, 0.5) is 5.69 Å². The molecule has 0 aliphatic carbocycles. The van der Waals surface area contributed by atoms with Crippen molar-refractivity contribution in [2.24, 2.45) is 0 Å². The first kappa shape index (κ1) is 15.3. The second kappa shape index (κ2) is 7.08. The van der Waals surface area contributed by atoms with Crippen LogP contribution in [-0.2, 0) is 20.7 Å². The highest BCUT2D eigenvalue weighted by molar-refractivity contribution is 5.76. The van der Waals surface area contributed by atoms with E-state index in [9.17, 15) is 9.59 Å². The standard InChI is InChI=1S/C15H20N2O4/c16-12-3-1-2-11(8-12)4-5-14(18)17-6-7-21-13(10-17)9-15(19)20/h1-3,8,13H,4-7,9-10,16H2,(H,19,20). The number of nitrogens with zero attached hydrogens (tertiary/aromatic N) is 1. The molecule has 1 fully saturated rings. The van der Waals surface area contributed by atoms with Gasteiger partial charge in [-0.25, -0.2) is 0 Å². The third-order valence-corrected chi connectivity index (χ3v) is 3.47. The molecule has 0 aromatic heterocycles. The minimum absolute atomic E-state index is 0.0242. The number of amides is 1. The SMILES string of the molecule is Nc1cccc(CCC(=O)N2CCOC(CC(=O)O)C2)c1. The summed E-state index contributed by atoms with van der Waals surface area (Å²) in [4.78, 5) is 24.6. The molecule has 1 aliphatic heterocycles. The zero-order valence-electron chi connectivity index (χ0n) is 11.8. The van der Waals surface area contributed by atoms with Gasteiger partial charge in [0.2, 0.25) is 5.91 Å². The van der Waals surface area contributed by atoms with E-state index in [4.69, 9.17) is 15.6 Å². The number of hydrogen-bond donors (Lipinski definition) is 2. The Morgan fingerprint density at radius 3 is 2.95 bits per heavy atom. The van der Waals surface area contributed by atoms with Gasteiger partial charge in [-0.15, -0.1) is 0 Å². The first-order valence-corrected chi connectivity index (χ1v) is 7.00. The molecule has 0 spiro atoms. The molecule has 114 valence electrons. The van der Waals surface area contributed by atoms with E-state index >= 15 is 0 Å². The number of carboxylic acid groups (broad SMARTS) is 1. The average molecular weight is 292 g/mol. The zero-order chi connectivity index (χ0) is 15.2. The van der Waals surface area contributed by atoms with Crippen LogP contribution in [0.15, 0.2) is 24.3 Å². The van der Waals surface area contributed by atoms with Crippen molar-refractivity contribution in [3.8, 4) is 0 Å². The van der Waals surface area contributed by atoms with Crippen molar-refractivity contribution in [1.82, 2.24) is 4.90 Å². The number of carboxylic acids is 1. The van der Waals surface area contributed by atoms with Crippen LogP contribution < -0.4 is 5.73 Å². The smallest absolute Gasteiger partial charge is 0.306 e. The number of rotatable bonds is 5. The molecule has 0 bridgehead atoms. The molecule has 3 N–H and O–H groups in total. The van der Waals surface area contributed by atoms with E-state index in [0.29, 0.717) is 38.2 Å². The Kier molecular flexibility index (Phi) is 5.16. The van der Waals surface area contributed by atoms with Crippen molar-refractivity contribution in [2.75, 3.05) is 25.4 Å². The van der Waals surface area contributed by atoms with Crippen LogP contribution in [0.3, 0.4) is 0 Å². The first-order valence-electron chi connectivity index (χ1n) is 7.00. The van der Waals surface area contributed by atoms with Gasteiger partial charge < -0.3 is 20.5 Å². The van der Waals surface area contributed by atoms with Crippen molar-refractivity contribution in [3.05, 3.63) is 29.8 Å². The molecular formula is C15H20N2O4. The molecule has 6 heteroatoms. The highest BCUT2D eigenvalue weighted by Crippen LogP contribution is 2.13. The number of morpholine rings is 1. The van der Waals surface area contributed by atoms with E-state index in [-0.39, 0.29) is 12.3 Å². The summed E-state index contributed by atoms with van der Waals surface area (Å²) < 4.78 is 5.36. The second-order valence-electron chi connectivity index (χ2n) is 5.18. The minimum atomic E-state index is -0.908. The maximum Gasteiger partial charge on any atom is 0.306 e. The summed E-state index contributed by atoms with van der Waals surface area (Å²) in [6, 6.07) is 7.48. The van der Waals surface area contributed by atoms with Crippen molar-refractivity contribution in [1.29, 1.82) is 0 Å². The van der Waals surface area contributed by atoms with Crippen molar-refractivity contribution in [2.45, 2.75) is 25.4 Å². The molecular weight excluding hydrogens is 272 g/mol. The van der Waals surface area contributed by atoms with Crippen LogP contribution in [0.5, 0.6) is 0 Å². The number of aryl methyl sites for hydroxylation is 1. The Labute approximate surface area is 123 Å². The minimum Gasteiger partial charge on any atom is -0.481 e. The molecule has 6 nitrogen and oxygen atoms in total. The van der Waals surface area contributed by atoms with Gasteiger partial charge in [-0.1, -0.05) is 12.1 Å². The van der Waals surface area contributed by atoms with Gasteiger partial charge in [0.15, 0.2) is 0 Å². The lowest BCUT2D eigenvalue weighted by atomic mass is 10.1. The third-order valence-electron chi connectivity index (χ3n) is 3.47. The molecule has 1 atom stereocenters. The quantitative estimate of drug-likeness (QED) is 0.787. The molecule has 1 aliphatic rings. The summed E-state index contributed by atoms with van der Waals surface area (Å²) in [6.45, 7) is 1.26. The van der Waals surface area contributed by atoms with Gasteiger partial charge in [-0.3, -0.25) is 9.59 Å². The Morgan fingerprint density at radius 2 is 2.24 bits per heavy atom. The second-order valence-corrected chi connectivity index (χ2v) is 5.18. The van der Waals surface area contributed by atoms with Gasteiger partial charge in [-0.05, 0) is 24.1 Å². The molecule has 2 rings (SSSR count). The van der Waals surface area contributed by atoms with E-state index in [1.54, 1.807) is 4.90 Å². The molecule has 1 aromatic carbocycles. The normalized spacial score (nSPS) is 18.5. The fourth-order valence-electron chi connectivity index (χ4n) is 2.42. The van der Waals surface area contributed by atoms with Gasteiger partial charge in [-0.2, -0.15) is 0 Å². The van der Waals surface area contributed by atoms with Gasteiger partial charge in [0.25, 0.3) is 0 Å². The number of nitrogen functional groups attached to an aromatic ring is 1. The third kappa shape index (κ3) is 4.75. The Morgan fingerprint density at radius 1 is 1.43 bits per heavy atom. The average Bonchev–Trinajstić information content (AvgIpc) is 2.44. The lowest BCUT2D eigenvalue weighted by molar-refractivity contribution is -0.147. The van der Waals surface area contributed by atoms with Crippen LogP contribution >= 0.6 is 0 Å². The van der Waals surface area contributed by atoms with Crippen LogP contribution in [0, 0.1) is 0 Å². The van der Waals surface area contributed by atoms with Crippen molar-refractivity contribution in [3.63, 3.8) is 0 Å². The number of benzene rings is 1. The van der Waals surface area contributed by atoms with Crippen molar-refractivity contribution < 1.29 is 19.4 Å². The van der Waals surface area contributed by atoms with E-state index < -0.39 is 12.1 Å². The topological polar surface area (TPSA) is 92.9 Å². The summed E-state index contributed by atoms with van der Waals surface area (Å²) in [5.41, 5.74) is 7.42. The molecule has 1 unspecified atom stereocenters. The molecule has 1 heterocycles. The predicted octanol–water partition coefficient (Wildman–Crippen LogP) is 0.903. The molecule has 21 heavy (non-hydrogen) atoms. The highest BCUT2D eigenvalue weighted by Gasteiger charge is 2.25. The lowest BCUT2D eigenvalue weighted by Gasteiger charge is -2.32. The zero-order valence-corrected chi connectivity index (χ0v) is 11.8. The molecule has 1 aromatic rings. The number of anilines is 1. The number of hydrogen-bond acceptors (Lipinski definition) is 4.